The molecule has 5 heteroatoms. The Labute approximate surface area is 113 Å². The number of piperazine rings is 1. The maximum Gasteiger partial charge on any atom is 0.233 e. The lowest BCUT2D eigenvalue weighted by Gasteiger charge is -2.32. The van der Waals surface area contributed by atoms with Crippen molar-refractivity contribution >= 4 is 21.8 Å². The highest BCUT2D eigenvalue weighted by Gasteiger charge is 2.14. The molecule has 1 aliphatic heterocycles. The Bertz CT molecular complexity index is 230. The molecule has 0 aromatic heterocycles. The fourth-order valence-electron chi connectivity index (χ4n) is 1.88. The molecule has 0 aromatic carbocycles. The normalized spacial score (nSPS) is 20.2. The first kappa shape index (κ1) is 14.9. The molecule has 17 heavy (non-hydrogen) atoms. The summed E-state index contributed by atoms with van der Waals surface area (Å²) in [6.07, 6.45) is 1.88. The molecular formula is C12H24BrN3O. The smallest absolute Gasteiger partial charge is 0.233 e. The predicted octanol–water partition coefficient (Wildman–Crippen LogP) is 0.914. The van der Waals surface area contributed by atoms with E-state index in [1.165, 1.54) is 0 Å². The van der Waals surface area contributed by atoms with Crippen molar-refractivity contribution in [2.24, 2.45) is 0 Å². The molecule has 1 atom stereocenters. The summed E-state index contributed by atoms with van der Waals surface area (Å²) in [4.78, 5) is 16.3. The van der Waals surface area contributed by atoms with E-state index in [0.29, 0.717) is 0 Å². The summed E-state index contributed by atoms with van der Waals surface area (Å²) in [6, 6.07) is 0. The standard InChI is InChI=1S/C12H24BrN3O/c1-3-11(13)12(17)14-5-4-6-16-9-7-15(2)8-10-16/h11H,3-10H2,1-2H3,(H,14,17). The van der Waals surface area contributed by atoms with Crippen molar-refractivity contribution in [1.29, 1.82) is 0 Å². The van der Waals surface area contributed by atoms with E-state index in [0.717, 1.165) is 52.1 Å². The number of nitrogens with zero attached hydrogens (tertiary/aromatic N) is 2. The van der Waals surface area contributed by atoms with E-state index in [4.69, 9.17) is 0 Å². The SMILES string of the molecule is CCC(Br)C(=O)NCCCN1CCN(C)CC1. The zero-order valence-electron chi connectivity index (χ0n) is 10.9. The van der Waals surface area contributed by atoms with Crippen LogP contribution in [0, 0.1) is 0 Å². The van der Waals surface area contributed by atoms with Crippen LogP contribution < -0.4 is 5.32 Å². The van der Waals surface area contributed by atoms with Crippen LogP contribution in [0.2, 0.25) is 0 Å². The molecule has 4 nitrogen and oxygen atoms in total. The number of halogens is 1. The predicted molar refractivity (Wildman–Crippen MR) is 74.6 cm³/mol. The molecule has 1 N–H and O–H groups in total. The fraction of sp³-hybridized carbons (Fsp3) is 0.917. The van der Waals surface area contributed by atoms with Gasteiger partial charge in [0.15, 0.2) is 0 Å². The average molecular weight is 306 g/mol. The minimum Gasteiger partial charge on any atom is -0.355 e. The van der Waals surface area contributed by atoms with Gasteiger partial charge in [-0.1, -0.05) is 22.9 Å². The van der Waals surface area contributed by atoms with Crippen LogP contribution in [0.3, 0.4) is 0 Å². The van der Waals surface area contributed by atoms with Gasteiger partial charge in [-0.2, -0.15) is 0 Å². The third-order valence-electron chi connectivity index (χ3n) is 3.19. The van der Waals surface area contributed by atoms with E-state index < -0.39 is 0 Å². The van der Waals surface area contributed by atoms with Crippen molar-refractivity contribution in [2.75, 3.05) is 46.3 Å². The summed E-state index contributed by atoms with van der Waals surface area (Å²) >= 11 is 3.35. The largest absolute Gasteiger partial charge is 0.355 e. The third-order valence-corrected chi connectivity index (χ3v) is 4.25. The number of likely N-dealkylation sites (N-methyl/N-ethyl adjacent to an activating group) is 1. The minimum atomic E-state index is -0.0360. The molecule has 1 rings (SSSR count). The Balaban J connectivity index is 2.02. The Kier molecular flexibility index (Phi) is 7.08. The first-order chi connectivity index (χ1) is 8.13. The number of alkyl halides is 1. The second kappa shape index (κ2) is 8.06. The molecule has 1 saturated heterocycles. The van der Waals surface area contributed by atoms with Gasteiger partial charge in [-0.05, 0) is 26.4 Å². The third kappa shape index (κ3) is 5.84. The topological polar surface area (TPSA) is 35.6 Å². The maximum atomic E-state index is 11.5. The number of carbonyl (C=O) groups is 1. The molecule has 0 radical (unpaired) electrons. The van der Waals surface area contributed by atoms with Gasteiger partial charge in [-0.3, -0.25) is 4.79 Å². The zero-order valence-corrected chi connectivity index (χ0v) is 12.5. The number of amides is 1. The van der Waals surface area contributed by atoms with Gasteiger partial charge in [0.2, 0.25) is 5.91 Å². The van der Waals surface area contributed by atoms with E-state index in [1.807, 2.05) is 6.92 Å². The van der Waals surface area contributed by atoms with Gasteiger partial charge in [-0.15, -0.1) is 0 Å². The van der Waals surface area contributed by atoms with Crippen LogP contribution in [0.15, 0.2) is 0 Å². The van der Waals surface area contributed by atoms with Crippen LogP contribution in [-0.2, 0) is 4.79 Å². The quantitative estimate of drug-likeness (QED) is 0.585. The summed E-state index contributed by atoms with van der Waals surface area (Å²) in [7, 11) is 2.17. The minimum absolute atomic E-state index is 0.0360. The first-order valence-electron chi connectivity index (χ1n) is 6.46. The molecule has 0 aliphatic carbocycles. The molecule has 1 unspecified atom stereocenters. The van der Waals surface area contributed by atoms with Crippen LogP contribution in [0.1, 0.15) is 19.8 Å². The highest BCUT2D eigenvalue weighted by molar-refractivity contribution is 9.10. The molecule has 100 valence electrons. The lowest BCUT2D eigenvalue weighted by Crippen LogP contribution is -2.45. The second-order valence-corrected chi connectivity index (χ2v) is 5.77. The van der Waals surface area contributed by atoms with E-state index in [1.54, 1.807) is 0 Å². The van der Waals surface area contributed by atoms with Gasteiger partial charge in [-0.25, -0.2) is 0 Å². The number of hydrogen-bond acceptors (Lipinski definition) is 3. The second-order valence-electron chi connectivity index (χ2n) is 4.67. The summed E-state index contributed by atoms with van der Waals surface area (Å²) in [5.41, 5.74) is 0. The lowest BCUT2D eigenvalue weighted by atomic mass is 10.3. The summed E-state index contributed by atoms with van der Waals surface area (Å²) < 4.78 is 0. The number of carbonyl (C=O) groups excluding carboxylic acids is 1. The molecule has 1 amide bonds. The molecule has 0 bridgehead atoms. The van der Waals surface area contributed by atoms with E-state index in [-0.39, 0.29) is 10.7 Å². The molecule has 1 aliphatic rings. The average Bonchev–Trinajstić information content (AvgIpc) is 2.35. The van der Waals surface area contributed by atoms with Gasteiger partial charge < -0.3 is 15.1 Å². The van der Waals surface area contributed by atoms with Crippen molar-refractivity contribution in [3.8, 4) is 0 Å². The van der Waals surface area contributed by atoms with Crippen LogP contribution in [0.5, 0.6) is 0 Å². The summed E-state index contributed by atoms with van der Waals surface area (Å²) in [5.74, 6) is 0.117. The molecule has 0 saturated carbocycles. The van der Waals surface area contributed by atoms with E-state index in [9.17, 15) is 4.79 Å². The summed E-state index contributed by atoms with van der Waals surface area (Å²) in [5, 5.41) is 2.96. The molecule has 1 heterocycles. The van der Waals surface area contributed by atoms with Crippen molar-refractivity contribution < 1.29 is 4.79 Å². The van der Waals surface area contributed by atoms with Crippen LogP contribution in [0.4, 0.5) is 0 Å². The molecular weight excluding hydrogens is 282 g/mol. The Morgan fingerprint density at radius 2 is 2.00 bits per heavy atom. The van der Waals surface area contributed by atoms with E-state index >= 15 is 0 Å². The van der Waals surface area contributed by atoms with E-state index in [2.05, 4.69) is 38.1 Å². The van der Waals surface area contributed by atoms with Crippen molar-refractivity contribution in [1.82, 2.24) is 15.1 Å². The zero-order chi connectivity index (χ0) is 12.7. The highest BCUT2D eigenvalue weighted by Crippen LogP contribution is 2.04. The number of nitrogens with one attached hydrogen (secondary N) is 1. The highest BCUT2D eigenvalue weighted by atomic mass is 79.9. The maximum absolute atomic E-state index is 11.5. The van der Waals surface area contributed by atoms with Gasteiger partial charge in [0, 0.05) is 32.7 Å². The lowest BCUT2D eigenvalue weighted by molar-refractivity contribution is -0.120. The van der Waals surface area contributed by atoms with Gasteiger partial charge >= 0.3 is 0 Å². The fourth-order valence-corrected chi connectivity index (χ4v) is 2.04. The van der Waals surface area contributed by atoms with Crippen molar-refractivity contribution in [3.63, 3.8) is 0 Å². The van der Waals surface area contributed by atoms with Gasteiger partial charge in [0.1, 0.15) is 0 Å². The van der Waals surface area contributed by atoms with Crippen LogP contribution in [-0.4, -0.2) is 66.9 Å². The number of hydrogen-bond donors (Lipinski definition) is 1. The first-order valence-corrected chi connectivity index (χ1v) is 7.37. The van der Waals surface area contributed by atoms with Crippen molar-refractivity contribution in [2.45, 2.75) is 24.6 Å². The molecule has 0 aromatic rings. The van der Waals surface area contributed by atoms with Crippen molar-refractivity contribution in [3.05, 3.63) is 0 Å². The monoisotopic (exact) mass is 305 g/mol. The van der Waals surface area contributed by atoms with Crippen LogP contribution >= 0.6 is 15.9 Å². The molecule has 1 fully saturated rings. The number of rotatable bonds is 6. The Morgan fingerprint density at radius 3 is 2.59 bits per heavy atom. The van der Waals surface area contributed by atoms with Crippen LogP contribution in [0.25, 0.3) is 0 Å². The summed E-state index contributed by atoms with van der Waals surface area (Å²) in [6.45, 7) is 8.50. The Hall–Kier alpha value is -0.130. The van der Waals surface area contributed by atoms with Gasteiger partial charge in [0.25, 0.3) is 0 Å². The van der Waals surface area contributed by atoms with Gasteiger partial charge in [0.05, 0.1) is 4.83 Å². The Morgan fingerprint density at radius 1 is 1.35 bits per heavy atom. The molecule has 0 spiro atoms.